The third-order valence-corrected chi connectivity index (χ3v) is 3.06. The number of carbonyl (C=O) groups is 1. The normalized spacial score (nSPS) is 16.4. The van der Waals surface area contributed by atoms with E-state index in [9.17, 15) is 18.0 Å². The summed E-state index contributed by atoms with van der Waals surface area (Å²) < 4.78 is 38.5. The maximum atomic E-state index is 12.8. The van der Waals surface area contributed by atoms with Crippen molar-refractivity contribution < 1.29 is 18.0 Å². The molecule has 0 atom stereocenters. The number of hydrogen-bond donors (Lipinski definition) is 1. The second-order valence-corrected chi connectivity index (χ2v) is 4.40. The standard InChI is InChI=1S/C10H7F3IN3O/c11-10(12,13)9(16-17-9)6-2-1-3-7(4-6)15-8(18)5-14/h1-4H,5H2,(H,15,18). The van der Waals surface area contributed by atoms with Crippen molar-refractivity contribution in [2.24, 2.45) is 10.2 Å². The highest BCUT2D eigenvalue weighted by Gasteiger charge is 2.65. The fourth-order valence-electron chi connectivity index (χ4n) is 1.45. The van der Waals surface area contributed by atoms with E-state index in [0.29, 0.717) is 5.69 Å². The Bertz CT molecular complexity index is 509. The highest BCUT2D eigenvalue weighted by Crippen LogP contribution is 2.52. The predicted molar refractivity (Wildman–Crippen MR) is 66.5 cm³/mol. The Labute approximate surface area is 114 Å². The summed E-state index contributed by atoms with van der Waals surface area (Å²) in [6.45, 7) is 0. The van der Waals surface area contributed by atoms with Gasteiger partial charge in [-0.3, -0.25) is 4.79 Å². The second-order valence-electron chi connectivity index (χ2n) is 3.63. The Morgan fingerprint density at radius 3 is 2.56 bits per heavy atom. The van der Waals surface area contributed by atoms with Crippen LogP contribution in [-0.2, 0) is 10.5 Å². The fraction of sp³-hybridized carbons (Fsp3) is 0.300. The first-order valence-electron chi connectivity index (χ1n) is 4.86. The number of amides is 1. The van der Waals surface area contributed by atoms with E-state index in [1.807, 2.05) is 22.6 Å². The van der Waals surface area contributed by atoms with Gasteiger partial charge in [0, 0.05) is 11.3 Å². The molecule has 0 saturated carbocycles. The first-order chi connectivity index (χ1) is 8.39. The smallest absolute Gasteiger partial charge is 0.325 e. The van der Waals surface area contributed by atoms with Gasteiger partial charge in [-0.25, -0.2) is 0 Å². The van der Waals surface area contributed by atoms with Gasteiger partial charge in [0.25, 0.3) is 0 Å². The number of nitrogens with zero attached hydrogens (tertiary/aromatic N) is 2. The van der Waals surface area contributed by atoms with E-state index < -0.39 is 11.8 Å². The molecule has 0 radical (unpaired) electrons. The molecule has 0 unspecified atom stereocenters. The summed E-state index contributed by atoms with van der Waals surface area (Å²) in [6, 6.07) is 5.46. The van der Waals surface area contributed by atoms with Crippen LogP contribution in [0.3, 0.4) is 0 Å². The molecule has 1 aliphatic heterocycles. The maximum absolute atomic E-state index is 12.8. The van der Waals surface area contributed by atoms with Gasteiger partial charge in [0.15, 0.2) is 0 Å². The SMILES string of the molecule is O=C(CI)Nc1cccc(C2(C(F)(F)F)N=N2)c1. The van der Waals surface area contributed by atoms with Crippen LogP contribution in [0.15, 0.2) is 34.5 Å². The van der Waals surface area contributed by atoms with Crippen molar-refractivity contribution in [3.8, 4) is 0 Å². The largest absolute Gasteiger partial charge is 0.442 e. The topological polar surface area (TPSA) is 53.8 Å². The third kappa shape index (κ3) is 2.33. The number of nitrogens with one attached hydrogen (secondary N) is 1. The van der Waals surface area contributed by atoms with Gasteiger partial charge < -0.3 is 5.32 Å². The number of benzene rings is 1. The molecule has 0 fully saturated rings. The van der Waals surface area contributed by atoms with Gasteiger partial charge in [0.2, 0.25) is 5.91 Å². The highest BCUT2D eigenvalue weighted by atomic mass is 127. The molecule has 0 saturated heterocycles. The third-order valence-electron chi connectivity index (χ3n) is 2.37. The summed E-state index contributed by atoms with van der Waals surface area (Å²) in [5.41, 5.74) is -2.24. The Hall–Kier alpha value is -1.19. The molecule has 1 heterocycles. The van der Waals surface area contributed by atoms with Crippen LogP contribution in [0.4, 0.5) is 18.9 Å². The number of hydrogen-bond acceptors (Lipinski definition) is 3. The zero-order valence-corrected chi connectivity index (χ0v) is 11.0. The van der Waals surface area contributed by atoms with Crippen LogP contribution in [0.2, 0.25) is 0 Å². The van der Waals surface area contributed by atoms with Gasteiger partial charge in [0.05, 0.1) is 4.43 Å². The van der Waals surface area contributed by atoms with E-state index in [4.69, 9.17) is 0 Å². The summed E-state index contributed by atoms with van der Waals surface area (Å²) in [4.78, 5) is 11.2. The fourth-order valence-corrected chi connectivity index (χ4v) is 1.64. The number of halogens is 4. The molecular weight excluding hydrogens is 362 g/mol. The molecule has 8 heteroatoms. The molecule has 0 spiro atoms. The van der Waals surface area contributed by atoms with Crippen molar-refractivity contribution in [3.63, 3.8) is 0 Å². The Morgan fingerprint density at radius 2 is 2.06 bits per heavy atom. The molecule has 96 valence electrons. The van der Waals surface area contributed by atoms with Crippen molar-refractivity contribution in [2.45, 2.75) is 11.8 Å². The molecule has 1 aromatic carbocycles. The summed E-state index contributed by atoms with van der Waals surface area (Å²) in [7, 11) is 0. The molecule has 1 N–H and O–H groups in total. The molecule has 18 heavy (non-hydrogen) atoms. The number of alkyl halides is 4. The van der Waals surface area contributed by atoms with Crippen LogP contribution in [0, 0.1) is 0 Å². The minimum absolute atomic E-state index is 0.0961. The lowest BCUT2D eigenvalue weighted by Gasteiger charge is -2.15. The van der Waals surface area contributed by atoms with Crippen LogP contribution in [0.5, 0.6) is 0 Å². The Morgan fingerprint density at radius 1 is 1.39 bits per heavy atom. The van der Waals surface area contributed by atoms with Gasteiger partial charge in [-0.1, -0.05) is 34.7 Å². The van der Waals surface area contributed by atoms with Crippen molar-refractivity contribution in [1.29, 1.82) is 0 Å². The zero-order chi connectivity index (χ0) is 13.4. The van der Waals surface area contributed by atoms with Crippen LogP contribution in [0.25, 0.3) is 0 Å². The maximum Gasteiger partial charge on any atom is 0.442 e. The Kier molecular flexibility index (Phi) is 3.30. The van der Waals surface area contributed by atoms with E-state index in [-0.39, 0.29) is 15.9 Å². The molecule has 0 bridgehead atoms. The van der Waals surface area contributed by atoms with Gasteiger partial charge in [-0.15, -0.1) is 10.2 Å². The molecular formula is C10H7F3IN3O. The molecule has 0 aliphatic carbocycles. The monoisotopic (exact) mass is 369 g/mol. The molecule has 4 nitrogen and oxygen atoms in total. The lowest BCUT2D eigenvalue weighted by atomic mass is 10.0. The number of carbonyl (C=O) groups excluding carboxylic acids is 1. The first-order valence-corrected chi connectivity index (χ1v) is 6.39. The molecule has 1 aliphatic rings. The van der Waals surface area contributed by atoms with E-state index in [0.717, 1.165) is 0 Å². The minimum atomic E-state index is -4.56. The molecule has 1 amide bonds. The highest BCUT2D eigenvalue weighted by molar-refractivity contribution is 14.1. The summed E-state index contributed by atoms with van der Waals surface area (Å²) in [6.07, 6.45) is -4.56. The average molecular weight is 369 g/mol. The van der Waals surface area contributed by atoms with Crippen LogP contribution in [-0.4, -0.2) is 16.5 Å². The van der Waals surface area contributed by atoms with Crippen molar-refractivity contribution in [2.75, 3.05) is 9.74 Å². The Balaban J connectivity index is 2.26. The van der Waals surface area contributed by atoms with Crippen LogP contribution in [0.1, 0.15) is 5.56 Å². The summed E-state index contributed by atoms with van der Waals surface area (Å²) in [5, 5.41) is 8.69. The van der Waals surface area contributed by atoms with Crippen molar-refractivity contribution in [3.05, 3.63) is 29.8 Å². The van der Waals surface area contributed by atoms with Crippen molar-refractivity contribution in [1.82, 2.24) is 0 Å². The quantitative estimate of drug-likeness (QED) is 0.646. The summed E-state index contributed by atoms with van der Waals surface area (Å²) >= 11 is 1.86. The van der Waals surface area contributed by atoms with Crippen LogP contribution < -0.4 is 5.32 Å². The van der Waals surface area contributed by atoms with E-state index in [2.05, 4.69) is 15.5 Å². The summed E-state index contributed by atoms with van der Waals surface area (Å²) in [5.74, 6) is -0.279. The molecule has 2 rings (SSSR count). The van der Waals surface area contributed by atoms with E-state index in [1.165, 1.54) is 24.3 Å². The molecule has 0 aromatic heterocycles. The minimum Gasteiger partial charge on any atom is -0.325 e. The van der Waals surface area contributed by atoms with E-state index >= 15 is 0 Å². The lowest BCUT2D eigenvalue weighted by Crippen LogP contribution is -2.30. The van der Waals surface area contributed by atoms with Gasteiger partial charge >= 0.3 is 11.8 Å². The van der Waals surface area contributed by atoms with E-state index in [1.54, 1.807) is 0 Å². The van der Waals surface area contributed by atoms with Gasteiger partial charge in [-0.05, 0) is 12.1 Å². The van der Waals surface area contributed by atoms with Gasteiger partial charge in [0.1, 0.15) is 0 Å². The molecule has 1 aromatic rings. The van der Waals surface area contributed by atoms with Gasteiger partial charge in [-0.2, -0.15) is 13.2 Å². The first kappa shape index (κ1) is 13.2. The zero-order valence-electron chi connectivity index (χ0n) is 8.83. The number of rotatable bonds is 3. The average Bonchev–Trinajstić information content (AvgIpc) is 3.09. The lowest BCUT2D eigenvalue weighted by molar-refractivity contribution is -0.166. The number of anilines is 1. The predicted octanol–water partition coefficient (Wildman–Crippen LogP) is 3.24. The second kappa shape index (κ2) is 4.48. The van der Waals surface area contributed by atoms with Crippen molar-refractivity contribution >= 4 is 34.2 Å². The van der Waals surface area contributed by atoms with Crippen LogP contribution >= 0.6 is 22.6 Å².